The zero-order valence-corrected chi connectivity index (χ0v) is 10.9. The van der Waals surface area contributed by atoms with Crippen molar-refractivity contribution in [1.82, 2.24) is 0 Å². The third-order valence-corrected chi connectivity index (χ3v) is 5.93. The predicted octanol–water partition coefficient (Wildman–Crippen LogP) is 3.24. The lowest BCUT2D eigenvalue weighted by molar-refractivity contribution is -0.215. The number of fused-ring (bicyclic) bond motifs is 1. The molecule has 0 unspecified atom stereocenters. The van der Waals surface area contributed by atoms with Gasteiger partial charge >= 0.3 is 0 Å². The Bertz CT molecular complexity index is 343. The zero-order chi connectivity index (χ0) is 11.7. The molecule has 2 saturated carbocycles. The van der Waals surface area contributed by atoms with Crippen molar-refractivity contribution in [3.05, 3.63) is 11.6 Å². The minimum Gasteiger partial charge on any atom is -0.389 e. The van der Waals surface area contributed by atoms with Crippen molar-refractivity contribution in [2.45, 2.75) is 46.6 Å². The maximum Gasteiger partial charge on any atom is 0.0760 e. The van der Waals surface area contributed by atoms with Crippen molar-refractivity contribution in [3.63, 3.8) is 0 Å². The fourth-order valence-electron chi connectivity index (χ4n) is 5.38. The molecule has 16 heavy (non-hydrogen) atoms. The van der Waals surface area contributed by atoms with Gasteiger partial charge in [-0.25, -0.2) is 0 Å². The van der Waals surface area contributed by atoms with Crippen molar-refractivity contribution in [1.29, 1.82) is 0 Å². The van der Waals surface area contributed by atoms with Crippen LogP contribution in [0, 0.1) is 35.0 Å². The van der Waals surface area contributed by atoms with Gasteiger partial charge in [0.25, 0.3) is 0 Å². The number of allylic oxidation sites excluding steroid dienone is 1. The van der Waals surface area contributed by atoms with E-state index in [2.05, 4.69) is 33.8 Å². The second-order valence-electron chi connectivity index (χ2n) is 6.93. The second kappa shape index (κ2) is 3.13. The molecule has 4 aliphatic carbocycles. The zero-order valence-electron chi connectivity index (χ0n) is 10.9. The number of hydrogen-bond donors (Lipinski definition) is 1. The Hall–Kier alpha value is -0.300. The molecule has 0 aromatic carbocycles. The fraction of sp³-hybridized carbons (Fsp3) is 0.867. The average molecular weight is 220 g/mol. The third-order valence-electron chi connectivity index (χ3n) is 5.93. The van der Waals surface area contributed by atoms with Crippen LogP contribution in [-0.2, 0) is 0 Å². The van der Waals surface area contributed by atoms with Gasteiger partial charge in [-0.1, -0.05) is 32.4 Å². The minimum atomic E-state index is -0.165. The minimum absolute atomic E-state index is 0.165. The Kier molecular flexibility index (Phi) is 2.12. The fourth-order valence-corrected chi connectivity index (χ4v) is 5.38. The molecule has 0 radical (unpaired) electrons. The van der Waals surface area contributed by atoms with Crippen LogP contribution in [0.15, 0.2) is 11.6 Å². The number of rotatable bonds is 1. The van der Waals surface area contributed by atoms with Crippen LogP contribution in [0.4, 0.5) is 0 Å². The van der Waals surface area contributed by atoms with Crippen LogP contribution in [0.2, 0.25) is 0 Å². The van der Waals surface area contributed by atoms with Crippen LogP contribution in [0.25, 0.3) is 0 Å². The molecule has 0 aliphatic heterocycles. The van der Waals surface area contributed by atoms with E-state index in [1.807, 2.05) is 0 Å². The van der Waals surface area contributed by atoms with Crippen molar-refractivity contribution in [2.24, 2.45) is 35.0 Å². The summed E-state index contributed by atoms with van der Waals surface area (Å²) in [6, 6.07) is 0. The summed E-state index contributed by atoms with van der Waals surface area (Å²) in [5.74, 6) is 3.73. The van der Waals surface area contributed by atoms with Crippen LogP contribution in [0.3, 0.4) is 0 Å². The van der Waals surface area contributed by atoms with E-state index in [9.17, 15) is 5.11 Å². The Labute approximate surface area is 98.9 Å². The molecular weight excluding hydrogens is 196 g/mol. The summed E-state index contributed by atoms with van der Waals surface area (Å²) in [5, 5.41) is 10.3. The smallest absolute Gasteiger partial charge is 0.0760 e. The predicted molar refractivity (Wildman–Crippen MR) is 65.9 cm³/mol. The molecule has 6 atom stereocenters. The molecule has 1 heteroatoms. The first kappa shape index (κ1) is 10.8. The van der Waals surface area contributed by atoms with Gasteiger partial charge in [0.2, 0.25) is 0 Å². The molecule has 0 amide bonds. The topological polar surface area (TPSA) is 20.2 Å². The van der Waals surface area contributed by atoms with E-state index in [4.69, 9.17) is 0 Å². The van der Waals surface area contributed by atoms with Gasteiger partial charge in [-0.15, -0.1) is 0 Å². The highest BCUT2D eigenvalue weighted by Crippen LogP contribution is 2.71. The van der Waals surface area contributed by atoms with Gasteiger partial charge in [0.05, 0.1) is 6.10 Å². The van der Waals surface area contributed by atoms with Crippen LogP contribution < -0.4 is 0 Å². The second-order valence-corrected chi connectivity index (χ2v) is 6.93. The van der Waals surface area contributed by atoms with Crippen molar-refractivity contribution in [2.75, 3.05) is 0 Å². The molecule has 0 saturated heterocycles. The molecule has 0 spiro atoms. The van der Waals surface area contributed by atoms with E-state index in [-0.39, 0.29) is 6.10 Å². The number of aliphatic hydroxyl groups is 1. The summed E-state index contributed by atoms with van der Waals surface area (Å²) < 4.78 is 0. The van der Waals surface area contributed by atoms with E-state index < -0.39 is 0 Å². The van der Waals surface area contributed by atoms with Crippen LogP contribution >= 0.6 is 0 Å². The summed E-state index contributed by atoms with van der Waals surface area (Å²) >= 11 is 0. The highest BCUT2D eigenvalue weighted by molar-refractivity contribution is 5.31. The quantitative estimate of drug-likeness (QED) is 0.673. The molecule has 1 nitrogen and oxygen atoms in total. The van der Waals surface area contributed by atoms with Crippen molar-refractivity contribution in [3.8, 4) is 0 Å². The molecule has 0 aromatic heterocycles. The molecule has 0 aromatic rings. The normalized spacial score (nSPS) is 54.6. The number of hydrogen-bond acceptors (Lipinski definition) is 1. The maximum atomic E-state index is 10.3. The SMILES string of the molecule is CC1=C[C@H](O)[C@@H]2[C@@H]3[C@H](C(C)C)CC[C@]2(C)[C@@H]13. The van der Waals surface area contributed by atoms with E-state index in [1.54, 1.807) is 0 Å². The van der Waals surface area contributed by atoms with Crippen LogP contribution in [0.5, 0.6) is 0 Å². The highest BCUT2D eigenvalue weighted by Gasteiger charge is 2.67. The Balaban J connectivity index is 1.99. The lowest BCUT2D eigenvalue weighted by Crippen LogP contribution is -2.67. The average Bonchev–Trinajstić information content (AvgIpc) is 2.15. The lowest BCUT2D eigenvalue weighted by atomic mass is 9.34. The molecule has 2 fully saturated rings. The summed E-state index contributed by atoms with van der Waals surface area (Å²) in [5.41, 5.74) is 1.89. The summed E-state index contributed by atoms with van der Waals surface area (Å²) in [6.07, 6.45) is 4.66. The van der Waals surface area contributed by atoms with Gasteiger partial charge in [0, 0.05) is 0 Å². The van der Waals surface area contributed by atoms with Crippen LogP contribution in [-0.4, -0.2) is 11.2 Å². The monoisotopic (exact) mass is 220 g/mol. The first-order valence-electron chi connectivity index (χ1n) is 6.83. The lowest BCUT2D eigenvalue weighted by Gasteiger charge is -2.71. The van der Waals surface area contributed by atoms with E-state index in [0.29, 0.717) is 11.3 Å². The highest BCUT2D eigenvalue weighted by atomic mass is 16.3. The van der Waals surface area contributed by atoms with Gasteiger partial charge in [0.1, 0.15) is 0 Å². The van der Waals surface area contributed by atoms with Gasteiger partial charge in [-0.3, -0.25) is 0 Å². The maximum absolute atomic E-state index is 10.3. The van der Waals surface area contributed by atoms with Crippen molar-refractivity contribution < 1.29 is 5.11 Å². The third kappa shape index (κ3) is 1.06. The molecule has 4 rings (SSSR count). The standard InChI is InChI=1S/C15H24O/c1-8(2)10-5-6-15(4)13-9(3)7-11(16)14(15)12(10)13/h7-8,10-14,16H,5-6H2,1-4H3/t10-,11-,12+,13-,14+,15+/m0/s1. The molecule has 0 heterocycles. The number of aliphatic hydroxyl groups excluding tert-OH is 1. The molecule has 4 bridgehead atoms. The van der Waals surface area contributed by atoms with Gasteiger partial charge in [-0.05, 0) is 54.8 Å². The Morgan fingerprint density at radius 2 is 2.12 bits per heavy atom. The molecule has 4 aliphatic rings. The summed E-state index contributed by atoms with van der Waals surface area (Å²) in [6.45, 7) is 9.35. The molecular formula is C15H24O. The first-order chi connectivity index (χ1) is 7.47. The van der Waals surface area contributed by atoms with Crippen LogP contribution in [0.1, 0.15) is 40.5 Å². The first-order valence-corrected chi connectivity index (χ1v) is 6.83. The van der Waals surface area contributed by atoms with Gasteiger partial charge < -0.3 is 5.11 Å². The van der Waals surface area contributed by atoms with E-state index in [0.717, 1.165) is 23.7 Å². The largest absolute Gasteiger partial charge is 0.389 e. The van der Waals surface area contributed by atoms with Gasteiger partial charge in [-0.2, -0.15) is 0 Å². The molecule has 1 N–H and O–H groups in total. The van der Waals surface area contributed by atoms with E-state index >= 15 is 0 Å². The summed E-state index contributed by atoms with van der Waals surface area (Å²) in [7, 11) is 0. The van der Waals surface area contributed by atoms with Crippen molar-refractivity contribution >= 4 is 0 Å². The van der Waals surface area contributed by atoms with Gasteiger partial charge in [0.15, 0.2) is 0 Å². The Morgan fingerprint density at radius 1 is 1.44 bits per heavy atom. The Morgan fingerprint density at radius 3 is 2.69 bits per heavy atom. The summed E-state index contributed by atoms with van der Waals surface area (Å²) in [4.78, 5) is 0. The van der Waals surface area contributed by atoms with E-state index in [1.165, 1.54) is 18.4 Å². The molecule has 90 valence electrons.